The van der Waals surface area contributed by atoms with Crippen molar-refractivity contribution in [1.29, 1.82) is 0 Å². The molecule has 0 heterocycles. The zero-order chi connectivity index (χ0) is 18.7. The maximum absolute atomic E-state index is 12.2. The van der Waals surface area contributed by atoms with Crippen molar-refractivity contribution in [2.45, 2.75) is 18.6 Å². The third-order valence-electron chi connectivity index (χ3n) is 3.26. The Labute approximate surface area is 146 Å². The predicted molar refractivity (Wildman–Crippen MR) is 90.5 cm³/mol. The fraction of sp³-hybridized carbons (Fsp3) is 0.278. The predicted octanol–water partition coefficient (Wildman–Crippen LogP) is 2.13. The lowest BCUT2D eigenvalue weighted by Gasteiger charge is -2.27. The molecule has 0 aromatic heterocycles. The van der Waals surface area contributed by atoms with Gasteiger partial charge in [0.15, 0.2) is 5.54 Å². The Hall–Kier alpha value is -3.09. The van der Waals surface area contributed by atoms with Gasteiger partial charge in [-0.25, -0.2) is 14.4 Å². The molecule has 1 aromatic rings. The van der Waals surface area contributed by atoms with Crippen LogP contribution in [0.1, 0.15) is 12.0 Å². The van der Waals surface area contributed by atoms with Crippen LogP contribution in [0.15, 0.2) is 55.1 Å². The van der Waals surface area contributed by atoms with Crippen molar-refractivity contribution in [1.82, 2.24) is 5.32 Å². The second-order valence-electron chi connectivity index (χ2n) is 5.00. The molecule has 1 rings (SSSR count). The molecule has 7 heteroatoms. The first-order chi connectivity index (χ1) is 12.0. The number of esters is 2. The molecule has 1 amide bonds. The second-order valence-corrected chi connectivity index (χ2v) is 5.00. The van der Waals surface area contributed by atoms with Gasteiger partial charge in [0.1, 0.15) is 6.61 Å². The van der Waals surface area contributed by atoms with Gasteiger partial charge in [0.25, 0.3) is 0 Å². The Kier molecular flexibility index (Phi) is 7.92. The van der Waals surface area contributed by atoms with Gasteiger partial charge in [-0.2, -0.15) is 0 Å². The maximum Gasteiger partial charge on any atom is 0.408 e. The summed E-state index contributed by atoms with van der Waals surface area (Å²) in [7, 11) is 2.37. The molecule has 0 unspecified atom stereocenters. The Morgan fingerprint density at radius 3 is 2.40 bits per heavy atom. The highest BCUT2D eigenvalue weighted by Gasteiger charge is 2.38. The highest BCUT2D eigenvalue weighted by molar-refractivity contribution is 5.91. The normalized spacial score (nSPS) is 12.7. The summed E-state index contributed by atoms with van der Waals surface area (Å²) < 4.78 is 14.4. The minimum absolute atomic E-state index is 0.00634. The van der Waals surface area contributed by atoms with Crippen LogP contribution >= 0.6 is 0 Å². The number of amides is 1. The number of ether oxygens (including phenoxy) is 3. The van der Waals surface area contributed by atoms with Crippen LogP contribution in [0.3, 0.4) is 0 Å². The SMILES string of the molecule is C=CC[C@@](/C=C/C(=O)OC)(NC(=O)OCc1ccccc1)C(=O)OC. The molecule has 0 spiro atoms. The number of carbonyl (C=O) groups excluding carboxylic acids is 3. The smallest absolute Gasteiger partial charge is 0.408 e. The van der Waals surface area contributed by atoms with E-state index in [2.05, 4.69) is 16.6 Å². The van der Waals surface area contributed by atoms with Crippen molar-refractivity contribution in [2.75, 3.05) is 14.2 Å². The first-order valence-corrected chi connectivity index (χ1v) is 7.42. The van der Waals surface area contributed by atoms with E-state index < -0.39 is 23.6 Å². The number of benzene rings is 1. The first-order valence-electron chi connectivity index (χ1n) is 7.42. The van der Waals surface area contributed by atoms with Crippen LogP contribution in [0.4, 0.5) is 4.79 Å². The Bertz CT molecular complexity index is 640. The summed E-state index contributed by atoms with van der Waals surface area (Å²) in [6.07, 6.45) is 2.78. The zero-order valence-corrected chi connectivity index (χ0v) is 14.2. The van der Waals surface area contributed by atoms with Gasteiger partial charge in [-0.05, 0) is 11.6 Å². The van der Waals surface area contributed by atoms with Gasteiger partial charge >= 0.3 is 18.0 Å². The molecule has 7 nitrogen and oxygen atoms in total. The average molecular weight is 347 g/mol. The topological polar surface area (TPSA) is 90.9 Å². The van der Waals surface area contributed by atoms with Crippen LogP contribution in [0.5, 0.6) is 0 Å². The summed E-state index contributed by atoms with van der Waals surface area (Å²) in [4.78, 5) is 35.6. The molecule has 134 valence electrons. The minimum Gasteiger partial charge on any atom is -0.467 e. The third-order valence-corrected chi connectivity index (χ3v) is 3.26. The summed E-state index contributed by atoms with van der Waals surface area (Å²) in [6, 6.07) is 9.05. The van der Waals surface area contributed by atoms with Gasteiger partial charge in [-0.15, -0.1) is 6.58 Å². The molecular weight excluding hydrogens is 326 g/mol. The highest BCUT2D eigenvalue weighted by Crippen LogP contribution is 2.17. The summed E-state index contributed by atoms with van der Waals surface area (Å²) >= 11 is 0. The molecule has 1 N–H and O–H groups in total. The lowest BCUT2D eigenvalue weighted by atomic mass is 9.94. The number of nitrogens with one attached hydrogen (secondary N) is 1. The van der Waals surface area contributed by atoms with E-state index in [0.29, 0.717) is 0 Å². The Morgan fingerprint density at radius 2 is 1.84 bits per heavy atom. The molecule has 0 fully saturated rings. The molecule has 0 saturated heterocycles. The number of methoxy groups -OCH3 is 2. The van der Waals surface area contributed by atoms with Crippen molar-refractivity contribution >= 4 is 18.0 Å². The quantitative estimate of drug-likeness (QED) is 0.335. The molecular formula is C18H21NO6. The minimum atomic E-state index is -1.63. The van der Waals surface area contributed by atoms with E-state index in [1.165, 1.54) is 26.4 Å². The van der Waals surface area contributed by atoms with E-state index in [4.69, 9.17) is 9.47 Å². The van der Waals surface area contributed by atoms with Crippen molar-refractivity contribution in [2.24, 2.45) is 0 Å². The average Bonchev–Trinajstić information content (AvgIpc) is 2.64. The molecule has 0 aliphatic heterocycles. The van der Waals surface area contributed by atoms with E-state index in [0.717, 1.165) is 11.6 Å². The fourth-order valence-corrected chi connectivity index (χ4v) is 1.99. The van der Waals surface area contributed by atoms with Gasteiger partial charge in [-0.1, -0.05) is 36.4 Å². The Balaban J connectivity index is 2.91. The van der Waals surface area contributed by atoms with Crippen molar-refractivity contribution < 1.29 is 28.6 Å². The van der Waals surface area contributed by atoms with E-state index in [1.807, 2.05) is 18.2 Å². The van der Waals surface area contributed by atoms with E-state index in [1.54, 1.807) is 12.1 Å². The first kappa shape index (κ1) is 20.0. The van der Waals surface area contributed by atoms with Gasteiger partial charge < -0.3 is 19.5 Å². The van der Waals surface area contributed by atoms with Gasteiger partial charge in [0.2, 0.25) is 0 Å². The lowest BCUT2D eigenvalue weighted by molar-refractivity contribution is -0.146. The molecule has 0 aliphatic rings. The van der Waals surface area contributed by atoms with E-state index >= 15 is 0 Å². The third kappa shape index (κ3) is 6.14. The Morgan fingerprint density at radius 1 is 1.16 bits per heavy atom. The monoisotopic (exact) mass is 347 g/mol. The summed E-state index contributed by atoms with van der Waals surface area (Å²) in [6.45, 7) is 3.59. The number of carbonyl (C=O) groups is 3. The van der Waals surface area contributed by atoms with Crippen LogP contribution in [0.25, 0.3) is 0 Å². The number of alkyl carbamates (subject to hydrolysis) is 1. The highest BCUT2D eigenvalue weighted by atomic mass is 16.6. The molecule has 25 heavy (non-hydrogen) atoms. The van der Waals surface area contributed by atoms with Crippen molar-refractivity contribution in [3.05, 3.63) is 60.7 Å². The van der Waals surface area contributed by atoms with Crippen molar-refractivity contribution in [3.8, 4) is 0 Å². The largest absolute Gasteiger partial charge is 0.467 e. The summed E-state index contributed by atoms with van der Waals surface area (Å²) in [5.74, 6) is -1.46. The molecule has 0 saturated carbocycles. The summed E-state index contributed by atoms with van der Waals surface area (Å²) in [5, 5.41) is 2.43. The number of hydrogen-bond donors (Lipinski definition) is 1. The molecule has 0 aliphatic carbocycles. The number of hydrogen-bond acceptors (Lipinski definition) is 6. The molecule has 1 aromatic carbocycles. The van der Waals surface area contributed by atoms with Gasteiger partial charge in [0, 0.05) is 12.5 Å². The second kappa shape index (κ2) is 9.92. The molecule has 0 bridgehead atoms. The van der Waals surface area contributed by atoms with Gasteiger partial charge in [0.05, 0.1) is 14.2 Å². The lowest BCUT2D eigenvalue weighted by Crippen LogP contribution is -2.53. The summed E-state index contributed by atoms with van der Waals surface area (Å²) in [5.41, 5.74) is -0.839. The van der Waals surface area contributed by atoms with E-state index in [9.17, 15) is 14.4 Å². The van der Waals surface area contributed by atoms with Crippen molar-refractivity contribution in [3.63, 3.8) is 0 Å². The standard InChI is InChI=1S/C18H21NO6/c1-4-11-18(16(21)24-3,12-10-15(20)23-2)19-17(22)25-13-14-8-6-5-7-9-14/h4-10,12H,1,11,13H2,2-3H3,(H,19,22)/b12-10+/t18-/m0/s1. The van der Waals surface area contributed by atoms with Crippen LogP contribution in [-0.4, -0.2) is 37.8 Å². The van der Waals surface area contributed by atoms with Crippen LogP contribution < -0.4 is 5.32 Å². The molecule has 1 atom stereocenters. The van der Waals surface area contributed by atoms with Gasteiger partial charge in [-0.3, -0.25) is 0 Å². The fourth-order valence-electron chi connectivity index (χ4n) is 1.99. The molecule has 0 radical (unpaired) electrons. The van der Waals surface area contributed by atoms with Crippen LogP contribution in [0.2, 0.25) is 0 Å². The van der Waals surface area contributed by atoms with E-state index in [-0.39, 0.29) is 13.0 Å². The maximum atomic E-state index is 12.2. The van der Waals surface area contributed by atoms with Crippen LogP contribution in [0, 0.1) is 0 Å². The number of rotatable bonds is 8. The zero-order valence-electron chi connectivity index (χ0n) is 14.2. The van der Waals surface area contributed by atoms with Crippen LogP contribution in [-0.2, 0) is 30.4 Å².